The molecule has 1 aromatic carbocycles. The van der Waals surface area contributed by atoms with Crippen molar-refractivity contribution in [1.29, 1.82) is 0 Å². The Morgan fingerprint density at radius 3 is 2.69 bits per heavy atom. The van der Waals surface area contributed by atoms with Crippen molar-refractivity contribution in [3.8, 4) is 0 Å². The van der Waals surface area contributed by atoms with Crippen LogP contribution in [0.15, 0.2) is 24.3 Å². The van der Waals surface area contributed by atoms with Gasteiger partial charge in [0.05, 0.1) is 6.61 Å². The topological polar surface area (TPSA) is 72.5 Å². The molecule has 1 rings (SSSR count). The van der Waals surface area contributed by atoms with Gasteiger partial charge < -0.3 is 15.6 Å². The maximum atomic E-state index is 10.6. The van der Waals surface area contributed by atoms with Gasteiger partial charge in [0.15, 0.2) is 0 Å². The van der Waals surface area contributed by atoms with Crippen LogP contribution in [0.4, 0.5) is 4.79 Å². The van der Waals surface area contributed by atoms with Crippen molar-refractivity contribution in [1.82, 2.24) is 0 Å². The summed E-state index contributed by atoms with van der Waals surface area (Å²) in [6.07, 6.45) is -1.39. The molecule has 4 nitrogen and oxygen atoms in total. The number of aliphatic hydroxyl groups is 1. The number of carbonyl (C=O) groups excluding carboxylic acids is 1. The molecule has 2 atom stereocenters. The van der Waals surface area contributed by atoms with Crippen LogP contribution < -0.4 is 5.73 Å². The van der Waals surface area contributed by atoms with Crippen molar-refractivity contribution in [2.75, 3.05) is 6.61 Å². The van der Waals surface area contributed by atoms with Crippen LogP contribution in [0.5, 0.6) is 0 Å². The number of aliphatic hydroxyl groups excluding tert-OH is 1. The molecule has 0 heterocycles. The number of hydrogen-bond acceptors (Lipinski definition) is 3. The van der Waals surface area contributed by atoms with Crippen molar-refractivity contribution < 1.29 is 14.6 Å². The van der Waals surface area contributed by atoms with Crippen LogP contribution in [0.3, 0.4) is 0 Å². The number of carbonyl (C=O) groups is 1. The van der Waals surface area contributed by atoms with Crippen LogP contribution in [0.25, 0.3) is 0 Å². The molecule has 16 heavy (non-hydrogen) atoms. The fourth-order valence-electron chi connectivity index (χ4n) is 1.54. The molecule has 0 radical (unpaired) electrons. The first-order valence-electron chi connectivity index (χ1n) is 4.87. The van der Waals surface area contributed by atoms with Crippen LogP contribution in [-0.2, 0) is 4.74 Å². The van der Waals surface area contributed by atoms with Crippen LogP contribution in [0.1, 0.15) is 18.4 Å². The largest absolute Gasteiger partial charge is 0.446 e. The summed E-state index contributed by atoms with van der Waals surface area (Å²) in [5.74, 6) is -0.374. The summed E-state index contributed by atoms with van der Waals surface area (Å²) in [7, 11) is 0. The van der Waals surface area contributed by atoms with Gasteiger partial charge in [-0.3, -0.25) is 0 Å². The van der Waals surface area contributed by atoms with E-state index >= 15 is 0 Å². The number of rotatable bonds is 4. The zero-order valence-corrected chi connectivity index (χ0v) is 9.65. The van der Waals surface area contributed by atoms with Crippen molar-refractivity contribution in [2.45, 2.75) is 18.9 Å². The van der Waals surface area contributed by atoms with Crippen molar-refractivity contribution in [2.24, 2.45) is 5.73 Å². The van der Waals surface area contributed by atoms with Gasteiger partial charge in [-0.05, 0) is 18.6 Å². The predicted molar refractivity (Wildman–Crippen MR) is 61.4 cm³/mol. The molecule has 0 bridgehead atoms. The number of ether oxygens (including phenoxy) is 1. The van der Waals surface area contributed by atoms with E-state index in [4.69, 9.17) is 22.1 Å². The number of amides is 1. The summed E-state index contributed by atoms with van der Waals surface area (Å²) in [4.78, 5) is 10.6. The first-order chi connectivity index (χ1) is 7.56. The Kier molecular flexibility index (Phi) is 4.58. The molecule has 0 aromatic heterocycles. The van der Waals surface area contributed by atoms with E-state index in [0.29, 0.717) is 5.02 Å². The second-order valence-electron chi connectivity index (χ2n) is 3.45. The van der Waals surface area contributed by atoms with Gasteiger partial charge in [-0.1, -0.05) is 29.8 Å². The van der Waals surface area contributed by atoms with E-state index in [2.05, 4.69) is 0 Å². The monoisotopic (exact) mass is 243 g/mol. The fraction of sp³-hybridized carbons (Fsp3) is 0.364. The minimum absolute atomic E-state index is 0.168. The smallest absolute Gasteiger partial charge is 0.404 e. The second-order valence-corrected chi connectivity index (χ2v) is 3.86. The summed E-state index contributed by atoms with van der Waals surface area (Å²) < 4.78 is 4.83. The Labute approximate surface area is 99.0 Å². The molecule has 3 N–H and O–H groups in total. The molecule has 88 valence electrons. The third-order valence-electron chi connectivity index (χ3n) is 2.37. The van der Waals surface area contributed by atoms with Crippen LogP contribution in [0, 0.1) is 0 Å². The first kappa shape index (κ1) is 12.8. The highest BCUT2D eigenvalue weighted by Gasteiger charge is 2.23. The number of halogens is 1. The molecule has 5 heteroatoms. The van der Waals surface area contributed by atoms with Gasteiger partial charge in [-0.2, -0.15) is 0 Å². The van der Waals surface area contributed by atoms with E-state index in [1.165, 1.54) is 0 Å². The van der Waals surface area contributed by atoms with Gasteiger partial charge in [0, 0.05) is 10.9 Å². The van der Waals surface area contributed by atoms with Gasteiger partial charge in [0.2, 0.25) is 0 Å². The third-order valence-corrected chi connectivity index (χ3v) is 2.71. The van der Waals surface area contributed by atoms with Crippen LogP contribution in [0.2, 0.25) is 5.02 Å². The third kappa shape index (κ3) is 3.12. The lowest BCUT2D eigenvalue weighted by atomic mass is 9.95. The lowest BCUT2D eigenvalue weighted by Gasteiger charge is -2.22. The molecule has 0 spiro atoms. The molecule has 0 aliphatic rings. The first-order valence-corrected chi connectivity index (χ1v) is 5.25. The summed E-state index contributed by atoms with van der Waals surface area (Å²) in [5, 5.41) is 9.83. The zero-order valence-electron chi connectivity index (χ0n) is 8.89. The van der Waals surface area contributed by atoms with E-state index in [1.807, 2.05) is 0 Å². The maximum absolute atomic E-state index is 10.6. The molecule has 1 amide bonds. The lowest BCUT2D eigenvalue weighted by molar-refractivity contribution is 0.0820. The molecule has 0 unspecified atom stereocenters. The minimum Gasteiger partial charge on any atom is -0.446 e. The normalized spacial score (nSPS) is 14.2. The fourth-order valence-corrected chi connectivity index (χ4v) is 1.82. The second kappa shape index (κ2) is 5.72. The highest BCUT2D eigenvalue weighted by atomic mass is 35.5. The minimum atomic E-state index is -0.863. The van der Waals surface area contributed by atoms with E-state index in [-0.39, 0.29) is 12.5 Å². The highest BCUT2D eigenvalue weighted by molar-refractivity contribution is 6.31. The molecule has 0 saturated carbocycles. The van der Waals surface area contributed by atoms with Crippen LogP contribution in [-0.4, -0.2) is 23.9 Å². The van der Waals surface area contributed by atoms with Gasteiger partial charge in [-0.15, -0.1) is 0 Å². The van der Waals surface area contributed by atoms with Gasteiger partial charge in [0.25, 0.3) is 0 Å². The molecule has 0 fully saturated rings. The summed E-state index contributed by atoms with van der Waals surface area (Å²) in [6.45, 7) is 1.49. The van der Waals surface area contributed by atoms with Gasteiger partial charge in [0.1, 0.15) is 6.10 Å². The standard InChI is InChI=1S/C11H14ClNO3/c1-7(16-11(13)15)9(6-14)8-4-2-3-5-10(8)12/h2-5,7,9,14H,6H2,1H3,(H2,13,15)/t7-,9+/m1/s1. The quantitative estimate of drug-likeness (QED) is 0.848. The Bertz CT molecular complexity index is 370. The Morgan fingerprint density at radius 2 is 2.19 bits per heavy atom. The number of hydrogen-bond donors (Lipinski definition) is 2. The summed E-state index contributed by atoms with van der Waals surface area (Å²) in [6, 6.07) is 7.10. The Balaban J connectivity index is 2.90. The van der Waals surface area contributed by atoms with Crippen molar-refractivity contribution >= 4 is 17.7 Å². The SMILES string of the molecule is C[C@@H](OC(N)=O)[C@H](CO)c1ccccc1Cl. The predicted octanol–water partition coefficient (Wildman–Crippen LogP) is 1.90. The van der Waals surface area contributed by atoms with Gasteiger partial charge in [-0.25, -0.2) is 4.79 Å². The number of benzene rings is 1. The molecule has 1 aromatic rings. The molecule has 0 saturated heterocycles. The Hall–Kier alpha value is -1.26. The lowest BCUT2D eigenvalue weighted by Crippen LogP contribution is -2.28. The molecule has 0 aliphatic carbocycles. The van der Waals surface area contributed by atoms with Crippen LogP contribution >= 0.6 is 11.6 Å². The molecular formula is C11H14ClNO3. The highest BCUT2D eigenvalue weighted by Crippen LogP contribution is 2.27. The zero-order chi connectivity index (χ0) is 12.1. The van der Waals surface area contributed by atoms with E-state index in [0.717, 1.165) is 5.56 Å². The molecule has 0 aliphatic heterocycles. The van der Waals surface area contributed by atoms with Crippen molar-refractivity contribution in [3.05, 3.63) is 34.9 Å². The van der Waals surface area contributed by atoms with E-state index < -0.39 is 12.2 Å². The average Bonchev–Trinajstić information content (AvgIpc) is 2.20. The summed E-state index contributed by atoms with van der Waals surface area (Å²) in [5.41, 5.74) is 5.66. The van der Waals surface area contributed by atoms with Crippen molar-refractivity contribution in [3.63, 3.8) is 0 Å². The molecular weight excluding hydrogens is 230 g/mol. The van der Waals surface area contributed by atoms with E-state index in [9.17, 15) is 9.90 Å². The van der Waals surface area contributed by atoms with E-state index in [1.54, 1.807) is 31.2 Å². The maximum Gasteiger partial charge on any atom is 0.404 e. The Morgan fingerprint density at radius 1 is 1.56 bits per heavy atom. The number of primary amides is 1. The average molecular weight is 244 g/mol. The summed E-state index contributed by atoms with van der Waals surface area (Å²) >= 11 is 6.00. The number of nitrogens with two attached hydrogens (primary N) is 1. The van der Waals surface area contributed by atoms with Gasteiger partial charge >= 0.3 is 6.09 Å².